The van der Waals surface area contributed by atoms with Crippen molar-refractivity contribution < 1.29 is 9.47 Å². The highest BCUT2D eigenvalue weighted by Gasteiger charge is 2.19. The monoisotopic (exact) mass is 269 g/mol. The molecule has 0 unspecified atom stereocenters. The van der Waals surface area contributed by atoms with Crippen LogP contribution in [0.25, 0.3) is 0 Å². The summed E-state index contributed by atoms with van der Waals surface area (Å²) in [4.78, 5) is 0. The quantitative estimate of drug-likeness (QED) is 0.913. The zero-order valence-electron chi connectivity index (χ0n) is 10.7. The second-order valence-corrected chi connectivity index (χ2v) is 5.24. The average molecular weight is 270 g/mol. The first-order valence-electron chi connectivity index (χ1n) is 6.38. The summed E-state index contributed by atoms with van der Waals surface area (Å²) in [6.07, 6.45) is 4.51. The van der Waals surface area contributed by atoms with Crippen LogP contribution in [-0.4, -0.2) is 19.3 Å². The fourth-order valence-corrected chi connectivity index (χ4v) is 2.52. The minimum atomic E-state index is 0.313. The second kappa shape index (κ2) is 6.41. The van der Waals surface area contributed by atoms with Crippen molar-refractivity contribution in [2.75, 3.05) is 7.11 Å². The van der Waals surface area contributed by atoms with E-state index < -0.39 is 0 Å². The molecule has 3 nitrogen and oxygen atoms in total. The number of methoxy groups -OCH3 is 1. The van der Waals surface area contributed by atoms with Crippen molar-refractivity contribution in [1.29, 1.82) is 0 Å². The number of ether oxygens (including phenoxy) is 2. The molecular formula is C14H20ClNO2. The van der Waals surface area contributed by atoms with Crippen LogP contribution in [0, 0.1) is 0 Å². The van der Waals surface area contributed by atoms with Crippen molar-refractivity contribution in [2.45, 2.75) is 44.4 Å². The second-order valence-electron chi connectivity index (χ2n) is 4.80. The number of hydrogen-bond donors (Lipinski definition) is 1. The van der Waals surface area contributed by atoms with Crippen LogP contribution in [-0.2, 0) is 11.3 Å². The molecule has 2 N–H and O–H groups in total. The molecule has 1 fully saturated rings. The van der Waals surface area contributed by atoms with Gasteiger partial charge >= 0.3 is 0 Å². The zero-order valence-corrected chi connectivity index (χ0v) is 11.5. The molecule has 0 aliphatic heterocycles. The van der Waals surface area contributed by atoms with Gasteiger partial charge in [0.2, 0.25) is 0 Å². The molecule has 1 saturated carbocycles. The molecule has 0 amide bonds. The van der Waals surface area contributed by atoms with Crippen LogP contribution < -0.4 is 10.5 Å². The van der Waals surface area contributed by atoms with Crippen molar-refractivity contribution in [1.82, 2.24) is 0 Å². The number of nitrogens with two attached hydrogens (primary N) is 1. The standard InChI is InChI=1S/C14H20ClNO2/c1-17-14-7-2-11(15)8-10(14)9-18-13-5-3-12(16)4-6-13/h2,7-8,12-13H,3-6,9,16H2,1H3. The van der Waals surface area contributed by atoms with Crippen LogP contribution in [0.5, 0.6) is 5.75 Å². The highest BCUT2D eigenvalue weighted by molar-refractivity contribution is 6.30. The molecule has 2 rings (SSSR count). The Hall–Kier alpha value is -0.770. The Labute approximate surface area is 113 Å². The molecule has 0 heterocycles. The van der Waals surface area contributed by atoms with E-state index in [0.717, 1.165) is 37.0 Å². The van der Waals surface area contributed by atoms with Crippen LogP contribution in [0.4, 0.5) is 0 Å². The van der Waals surface area contributed by atoms with Gasteiger partial charge in [-0.3, -0.25) is 0 Å². The molecule has 1 aliphatic rings. The van der Waals surface area contributed by atoms with Crippen LogP contribution >= 0.6 is 11.6 Å². The zero-order chi connectivity index (χ0) is 13.0. The molecule has 1 aromatic rings. The lowest BCUT2D eigenvalue weighted by molar-refractivity contribution is 0.0130. The third-order valence-electron chi connectivity index (χ3n) is 3.44. The topological polar surface area (TPSA) is 44.5 Å². The highest BCUT2D eigenvalue weighted by atomic mass is 35.5. The summed E-state index contributed by atoms with van der Waals surface area (Å²) in [6.45, 7) is 0.545. The van der Waals surface area contributed by atoms with E-state index in [1.54, 1.807) is 7.11 Å². The van der Waals surface area contributed by atoms with Crippen molar-refractivity contribution in [2.24, 2.45) is 5.73 Å². The van der Waals surface area contributed by atoms with Gasteiger partial charge in [-0.1, -0.05) is 11.6 Å². The molecule has 18 heavy (non-hydrogen) atoms. The van der Waals surface area contributed by atoms with E-state index >= 15 is 0 Å². The van der Waals surface area contributed by atoms with Crippen LogP contribution in [0.15, 0.2) is 18.2 Å². The Morgan fingerprint density at radius 3 is 2.67 bits per heavy atom. The van der Waals surface area contributed by atoms with Gasteiger partial charge in [0.15, 0.2) is 0 Å². The number of benzene rings is 1. The lowest BCUT2D eigenvalue weighted by Gasteiger charge is -2.26. The molecule has 1 aromatic carbocycles. The van der Waals surface area contributed by atoms with E-state index in [2.05, 4.69) is 0 Å². The number of rotatable bonds is 4. The molecule has 0 aromatic heterocycles. The Bertz CT molecular complexity index is 389. The summed E-state index contributed by atoms with van der Waals surface area (Å²) < 4.78 is 11.2. The fourth-order valence-electron chi connectivity index (χ4n) is 2.32. The van der Waals surface area contributed by atoms with Crippen molar-refractivity contribution in [3.05, 3.63) is 28.8 Å². The van der Waals surface area contributed by atoms with E-state index in [9.17, 15) is 0 Å². The van der Waals surface area contributed by atoms with Crippen molar-refractivity contribution in [3.63, 3.8) is 0 Å². The molecule has 4 heteroatoms. The molecule has 0 spiro atoms. The summed E-state index contributed by atoms with van der Waals surface area (Å²) in [5, 5.41) is 0.708. The highest BCUT2D eigenvalue weighted by Crippen LogP contribution is 2.26. The summed E-state index contributed by atoms with van der Waals surface area (Å²) in [6, 6.07) is 5.95. The van der Waals surface area contributed by atoms with E-state index in [1.165, 1.54) is 0 Å². The maximum atomic E-state index is 5.99. The van der Waals surface area contributed by atoms with E-state index in [1.807, 2.05) is 18.2 Å². The van der Waals surface area contributed by atoms with Crippen LogP contribution in [0.1, 0.15) is 31.2 Å². The molecular weight excluding hydrogens is 250 g/mol. The molecule has 1 aliphatic carbocycles. The summed E-state index contributed by atoms with van der Waals surface area (Å²) >= 11 is 5.99. The normalized spacial score (nSPS) is 23.9. The molecule has 0 bridgehead atoms. The summed E-state index contributed by atoms with van der Waals surface area (Å²) in [7, 11) is 1.66. The van der Waals surface area contributed by atoms with Gasteiger partial charge in [-0.25, -0.2) is 0 Å². The number of halogens is 1. The van der Waals surface area contributed by atoms with Gasteiger partial charge in [0.05, 0.1) is 19.8 Å². The molecule has 100 valence electrons. The minimum absolute atomic E-state index is 0.313. The van der Waals surface area contributed by atoms with E-state index in [0.29, 0.717) is 23.8 Å². The predicted octanol–water partition coefficient (Wildman–Crippen LogP) is 3.14. The van der Waals surface area contributed by atoms with Gasteiger partial charge in [0.25, 0.3) is 0 Å². The molecule has 0 saturated heterocycles. The van der Waals surface area contributed by atoms with Gasteiger partial charge < -0.3 is 15.2 Å². The van der Waals surface area contributed by atoms with E-state index in [4.69, 9.17) is 26.8 Å². The summed E-state index contributed by atoms with van der Waals surface area (Å²) in [5.74, 6) is 0.826. The Morgan fingerprint density at radius 1 is 1.28 bits per heavy atom. The average Bonchev–Trinajstić information content (AvgIpc) is 2.38. The maximum absolute atomic E-state index is 5.99. The largest absolute Gasteiger partial charge is 0.496 e. The maximum Gasteiger partial charge on any atom is 0.124 e. The Balaban J connectivity index is 1.91. The smallest absolute Gasteiger partial charge is 0.124 e. The number of hydrogen-bond acceptors (Lipinski definition) is 3. The minimum Gasteiger partial charge on any atom is -0.496 e. The van der Waals surface area contributed by atoms with Crippen LogP contribution in [0.3, 0.4) is 0 Å². The fraction of sp³-hybridized carbons (Fsp3) is 0.571. The van der Waals surface area contributed by atoms with Crippen LogP contribution in [0.2, 0.25) is 5.02 Å². The van der Waals surface area contributed by atoms with E-state index in [-0.39, 0.29) is 0 Å². The van der Waals surface area contributed by atoms with Gasteiger partial charge in [0, 0.05) is 16.6 Å². The third-order valence-corrected chi connectivity index (χ3v) is 3.67. The van der Waals surface area contributed by atoms with Gasteiger partial charge in [0.1, 0.15) is 5.75 Å². The molecule has 0 atom stereocenters. The molecule has 0 radical (unpaired) electrons. The first-order valence-corrected chi connectivity index (χ1v) is 6.76. The SMILES string of the molecule is COc1ccc(Cl)cc1COC1CCC(N)CC1. The Kier molecular flexibility index (Phi) is 4.87. The van der Waals surface area contributed by atoms with Crippen molar-refractivity contribution >= 4 is 11.6 Å². The summed E-state index contributed by atoms with van der Waals surface area (Å²) in [5.41, 5.74) is 6.88. The lowest BCUT2D eigenvalue weighted by atomic mass is 9.94. The van der Waals surface area contributed by atoms with Gasteiger partial charge in [-0.05, 0) is 43.9 Å². The van der Waals surface area contributed by atoms with Crippen molar-refractivity contribution in [3.8, 4) is 5.75 Å². The van der Waals surface area contributed by atoms with Gasteiger partial charge in [-0.15, -0.1) is 0 Å². The first-order chi connectivity index (χ1) is 8.69. The van der Waals surface area contributed by atoms with Gasteiger partial charge in [-0.2, -0.15) is 0 Å². The predicted molar refractivity (Wildman–Crippen MR) is 73.0 cm³/mol. The third kappa shape index (κ3) is 3.61. The Morgan fingerprint density at radius 2 is 2.00 bits per heavy atom. The first kappa shape index (κ1) is 13.7. The lowest BCUT2D eigenvalue weighted by Crippen LogP contribution is -2.30.